The first-order chi connectivity index (χ1) is 8.29. The Hall–Kier alpha value is -0.780. The number of hydrogen-bond acceptors (Lipinski definition) is 3. The van der Waals surface area contributed by atoms with Gasteiger partial charge in [-0.05, 0) is 30.3 Å². The summed E-state index contributed by atoms with van der Waals surface area (Å²) in [6.45, 7) is 3.95. The van der Waals surface area contributed by atoms with E-state index in [0.29, 0.717) is 0 Å². The first-order valence-corrected chi connectivity index (χ1v) is 7.07. The molecule has 0 aliphatic carbocycles. The molecule has 0 spiro atoms. The zero-order valence-corrected chi connectivity index (χ0v) is 11.9. The van der Waals surface area contributed by atoms with Gasteiger partial charge in [0.2, 0.25) is 0 Å². The molecule has 0 atom stereocenters. The number of aromatic amines is 1. The van der Waals surface area contributed by atoms with Crippen LogP contribution in [0, 0.1) is 0 Å². The van der Waals surface area contributed by atoms with E-state index in [-0.39, 0.29) is 0 Å². The van der Waals surface area contributed by atoms with Crippen molar-refractivity contribution in [1.82, 2.24) is 15.3 Å². The topological polar surface area (TPSA) is 40.7 Å². The molecule has 0 saturated carbocycles. The fourth-order valence-electron chi connectivity index (χ4n) is 1.46. The lowest BCUT2D eigenvalue weighted by molar-refractivity contribution is 0.717. The second kappa shape index (κ2) is 6.23. The minimum Gasteiger partial charge on any atom is -0.339 e. The Kier molecular flexibility index (Phi) is 4.65. The van der Waals surface area contributed by atoms with Crippen molar-refractivity contribution in [3.63, 3.8) is 0 Å². The summed E-state index contributed by atoms with van der Waals surface area (Å²) < 4.78 is 1.11. The minimum absolute atomic E-state index is 0.874. The molecule has 1 heterocycles. The summed E-state index contributed by atoms with van der Waals surface area (Å²) in [6, 6.07) is 6.32. The highest BCUT2D eigenvalue weighted by Crippen LogP contribution is 2.29. The number of halogens is 1. The van der Waals surface area contributed by atoms with Crippen LogP contribution < -0.4 is 5.32 Å². The Morgan fingerprint density at radius 1 is 1.47 bits per heavy atom. The molecule has 2 rings (SSSR count). The van der Waals surface area contributed by atoms with Crippen molar-refractivity contribution in [1.29, 1.82) is 0 Å². The summed E-state index contributed by atoms with van der Waals surface area (Å²) in [7, 11) is 0. The largest absolute Gasteiger partial charge is 0.339 e. The fourth-order valence-corrected chi connectivity index (χ4v) is 2.71. The zero-order chi connectivity index (χ0) is 12.1. The molecule has 0 aliphatic heterocycles. The number of hydrogen-bond donors (Lipinski definition) is 2. The first-order valence-electron chi connectivity index (χ1n) is 5.46. The zero-order valence-electron chi connectivity index (χ0n) is 9.53. The summed E-state index contributed by atoms with van der Waals surface area (Å²) in [5.41, 5.74) is 1.28. The molecule has 0 bridgehead atoms. The van der Waals surface area contributed by atoms with E-state index in [1.54, 1.807) is 18.0 Å². The van der Waals surface area contributed by atoms with Crippen molar-refractivity contribution >= 4 is 27.7 Å². The molecular formula is C12H14BrN3S. The third-order valence-corrected chi connectivity index (χ3v) is 3.80. The summed E-state index contributed by atoms with van der Waals surface area (Å²) in [4.78, 5) is 8.56. The van der Waals surface area contributed by atoms with Gasteiger partial charge in [0, 0.05) is 28.3 Å². The summed E-state index contributed by atoms with van der Waals surface area (Å²) in [5, 5.41) is 4.27. The predicted octanol–water partition coefficient (Wildman–Crippen LogP) is 3.43. The molecule has 1 aromatic carbocycles. The van der Waals surface area contributed by atoms with Crippen LogP contribution in [0.3, 0.4) is 0 Å². The Bertz CT molecular complexity index is 471. The van der Waals surface area contributed by atoms with E-state index in [0.717, 1.165) is 22.7 Å². The number of rotatable bonds is 5. The van der Waals surface area contributed by atoms with Gasteiger partial charge >= 0.3 is 0 Å². The van der Waals surface area contributed by atoms with E-state index in [1.165, 1.54) is 10.5 Å². The highest BCUT2D eigenvalue weighted by atomic mass is 79.9. The van der Waals surface area contributed by atoms with Crippen molar-refractivity contribution in [2.75, 3.05) is 6.54 Å². The Balaban J connectivity index is 2.19. The van der Waals surface area contributed by atoms with Crippen molar-refractivity contribution < 1.29 is 0 Å². The molecule has 0 amide bonds. The molecule has 0 radical (unpaired) electrons. The molecule has 0 unspecified atom stereocenters. The van der Waals surface area contributed by atoms with Gasteiger partial charge in [-0.3, -0.25) is 0 Å². The smallest absolute Gasteiger partial charge is 0.170 e. The number of aromatic nitrogens is 2. The van der Waals surface area contributed by atoms with Crippen molar-refractivity contribution in [3.05, 3.63) is 40.6 Å². The SMILES string of the molecule is CCNCc1cc(Br)ccc1Sc1ncc[nH]1. The van der Waals surface area contributed by atoms with Crippen LogP contribution in [0.25, 0.3) is 0 Å². The van der Waals surface area contributed by atoms with Crippen LogP contribution in [-0.2, 0) is 6.54 Å². The van der Waals surface area contributed by atoms with Crippen LogP contribution in [0.4, 0.5) is 0 Å². The Morgan fingerprint density at radius 3 is 3.06 bits per heavy atom. The maximum absolute atomic E-state index is 4.23. The molecule has 90 valence electrons. The molecule has 2 aromatic rings. The minimum atomic E-state index is 0.874. The van der Waals surface area contributed by atoms with Gasteiger partial charge < -0.3 is 10.3 Å². The van der Waals surface area contributed by atoms with Gasteiger partial charge in [0.05, 0.1) is 0 Å². The van der Waals surface area contributed by atoms with E-state index in [9.17, 15) is 0 Å². The van der Waals surface area contributed by atoms with E-state index in [2.05, 4.69) is 56.3 Å². The third kappa shape index (κ3) is 3.59. The molecule has 2 N–H and O–H groups in total. The third-order valence-electron chi connectivity index (χ3n) is 2.27. The lowest BCUT2D eigenvalue weighted by atomic mass is 10.2. The van der Waals surface area contributed by atoms with Gasteiger partial charge in [-0.15, -0.1) is 0 Å². The maximum Gasteiger partial charge on any atom is 0.170 e. The van der Waals surface area contributed by atoms with Gasteiger partial charge in [-0.25, -0.2) is 4.98 Å². The number of nitrogens with one attached hydrogen (secondary N) is 2. The summed E-state index contributed by atoms with van der Waals surface area (Å²) in [6.07, 6.45) is 3.61. The summed E-state index contributed by atoms with van der Waals surface area (Å²) in [5.74, 6) is 0. The van der Waals surface area contributed by atoms with Gasteiger partial charge in [0.15, 0.2) is 5.16 Å². The highest BCUT2D eigenvalue weighted by Gasteiger charge is 2.06. The van der Waals surface area contributed by atoms with E-state index in [4.69, 9.17) is 0 Å². The number of benzene rings is 1. The average molecular weight is 312 g/mol. The van der Waals surface area contributed by atoms with E-state index < -0.39 is 0 Å². The molecule has 17 heavy (non-hydrogen) atoms. The van der Waals surface area contributed by atoms with Crippen LogP contribution in [-0.4, -0.2) is 16.5 Å². The second-order valence-electron chi connectivity index (χ2n) is 3.53. The van der Waals surface area contributed by atoms with Gasteiger partial charge in [0.25, 0.3) is 0 Å². The van der Waals surface area contributed by atoms with Gasteiger partial charge in [0.1, 0.15) is 0 Å². The fraction of sp³-hybridized carbons (Fsp3) is 0.250. The van der Waals surface area contributed by atoms with Gasteiger partial charge in [-0.2, -0.15) is 0 Å². The van der Waals surface area contributed by atoms with E-state index in [1.807, 2.05) is 6.20 Å². The first kappa shape index (κ1) is 12.7. The second-order valence-corrected chi connectivity index (χ2v) is 5.48. The normalized spacial score (nSPS) is 10.7. The van der Waals surface area contributed by atoms with E-state index >= 15 is 0 Å². The van der Waals surface area contributed by atoms with Crippen LogP contribution in [0.1, 0.15) is 12.5 Å². The maximum atomic E-state index is 4.23. The number of H-pyrrole nitrogens is 1. The lowest BCUT2D eigenvalue weighted by Gasteiger charge is -2.09. The summed E-state index contributed by atoms with van der Waals surface area (Å²) >= 11 is 5.16. The van der Waals surface area contributed by atoms with Crippen LogP contribution in [0.15, 0.2) is 45.1 Å². The molecule has 0 fully saturated rings. The van der Waals surface area contributed by atoms with Crippen molar-refractivity contribution in [2.45, 2.75) is 23.5 Å². The lowest BCUT2D eigenvalue weighted by Crippen LogP contribution is -2.12. The molecule has 3 nitrogen and oxygen atoms in total. The van der Waals surface area contributed by atoms with Crippen LogP contribution in [0.5, 0.6) is 0 Å². The molecule has 0 aliphatic rings. The quantitative estimate of drug-likeness (QED) is 0.888. The average Bonchev–Trinajstić information content (AvgIpc) is 2.82. The Labute approximate surface area is 114 Å². The predicted molar refractivity (Wildman–Crippen MR) is 74.2 cm³/mol. The van der Waals surface area contributed by atoms with Crippen molar-refractivity contribution in [2.24, 2.45) is 0 Å². The van der Waals surface area contributed by atoms with Crippen LogP contribution in [0.2, 0.25) is 0 Å². The molecule has 0 saturated heterocycles. The van der Waals surface area contributed by atoms with Crippen molar-refractivity contribution in [3.8, 4) is 0 Å². The molecule has 1 aromatic heterocycles. The van der Waals surface area contributed by atoms with Gasteiger partial charge in [-0.1, -0.05) is 34.6 Å². The highest BCUT2D eigenvalue weighted by molar-refractivity contribution is 9.10. The number of imidazole rings is 1. The number of nitrogens with zero attached hydrogens (tertiary/aromatic N) is 1. The molecular weight excluding hydrogens is 298 g/mol. The standard InChI is InChI=1S/C12H14BrN3S/c1-2-14-8-9-7-10(13)3-4-11(9)17-12-15-5-6-16-12/h3-7,14H,2,8H2,1H3,(H,15,16). The molecule has 5 heteroatoms. The Morgan fingerprint density at radius 2 is 2.35 bits per heavy atom. The van der Waals surface area contributed by atoms with Crippen LogP contribution >= 0.6 is 27.7 Å². The monoisotopic (exact) mass is 311 g/mol.